The molecule has 1 amide bonds. The van der Waals surface area contributed by atoms with Crippen molar-refractivity contribution in [2.45, 2.75) is 22.6 Å². The number of benzene rings is 3. The third-order valence-corrected chi connectivity index (χ3v) is 9.35. The Morgan fingerprint density at radius 2 is 1.28 bits per heavy atom. The van der Waals surface area contributed by atoms with Gasteiger partial charge in [-0.3, -0.25) is 9.10 Å². The summed E-state index contributed by atoms with van der Waals surface area (Å²) in [5.41, 5.74) is 0.293. The highest BCUT2D eigenvalue weighted by Gasteiger charge is 2.29. The summed E-state index contributed by atoms with van der Waals surface area (Å²) in [6.07, 6.45) is 1.61. The molecule has 0 atom stereocenters. The van der Waals surface area contributed by atoms with Gasteiger partial charge in [0.05, 0.1) is 15.5 Å². The predicted octanol–water partition coefficient (Wildman–Crippen LogP) is 3.58. The molecule has 0 unspecified atom stereocenters. The van der Waals surface area contributed by atoms with Gasteiger partial charge in [-0.05, 0) is 85.6 Å². The number of nitrogens with one attached hydrogen (secondary N) is 1. The number of carbonyl (C=O) groups is 1. The second-order valence-electron chi connectivity index (χ2n) is 8.13. The maximum absolute atomic E-state index is 13.4. The summed E-state index contributed by atoms with van der Waals surface area (Å²) in [6.45, 7) is 0.254. The Morgan fingerprint density at radius 3 is 1.83 bits per heavy atom. The number of hydrogen-bond donors (Lipinski definition) is 1. The largest absolute Gasteiger partial charge is 0.325 e. The molecule has 8 nitrogen and oxygen atoms in total. The van der Waals surface area contributed by atoms with E-state index in [0.717, 1.165) is 53.5 Å². The minimum atomic E-state index is -4.31. The molecular weight excluding hydrogens is 512 g/mol. The minimum absolute atomic E-state index is 0.0305. The molecule has 3 aromatic carbocycles. The Labute approximate surface area is 208 Å². The van der Waals surface area contributed by atoms with Crippen LogP contribution in [0.5, 0.6) is 0 Å². The van der Waals surface area contributed by atoms with E-state index in [-0.39, 0.29) is 21.2 Å². The van der Waals surface area contributed by atoms with Crippen molar-refractivity contribution in [1.82, 2.24) is 4.31 Å². The molecule has 190 valence electrons. The first-order valence-electron chi connectivity index (χ1n) is 11.0. The van der Waals surface area contributed by atoms with Crippen LogP contribution in [-0.4, -0.2) is 46.7 Å². The van der Waals surface area contributed by atoms with Gasteiger partial charge in [-0.1, -0.05) is 0 Å². The van der Waals surface area contributed by atoms with Gasteiger partial charge in [0.2, 0.25) is 15.9 Å². The van der Waals surface area contributed by atoms with E-state index in [9.17, 15) is 30.4 Å². The fourth-order valence-corrected chi connectivity index (χ4v) is 6.71. The fourth-order valence-electron chi connectivity index (χ4n) is 3.77. The van der Waals surface area contributed by atoms with Crippen molar-refractivity contribution in [1.29, 1.82) is 0 Å². The number of carbonyl (C=O) groups excluding carboxylic acids is 1. The minimum Gasteiger partial charge on any atom is -0.325 e. The van der Waals surface area contributed by atoms with Crippen molar-refractivity contribution in [3.8, 4) is 0 Å². The summed E-state index contributed by atoms with van der Waals surface area (Å²) in [5.74, 6) is -1.94. The van der Waals surface area contributed by atoms with Crippen LogP contribution >= 0.6 is 0 Å². The summed E-state index contributed by atoms with van der Waals surface area (Å²) < 4.78 is 80.8. The number of halogens is 2. The van der Waals surface area contributed by atoms with Gasteiger partial charge in [0.1, 0.15) is 18.2 Å². The SMILES string of the molecule is O=C(CN(c1ccc(F)cc1)S(=O)(=O)c1ccc(F)cc1)Nc1ccc(S(=O)(=O)N2CCCC2)cc1. The van der Waals surface area contributed by atoms with E-state index in [2.05, 4.69) is 5.32 Å². The molecule has 0 aliphatic carbocycles. The van der Waals surface area contributed by atoms with Crippen LogP contribution in [0.1, 0.15) is 12.8 Å². The number of anilines is 2. The lowest BCUT2D eigenvalue weighted by Gasteiger charge is -2.24. The maximum atomic E-state index is 13.4. The lowest BCUT2D eigenvalue weighted by atomic mass is 10.3. The Hall–Kier alpha value is -3.35. The predicted molar refractivity (Wildman–Crippen MR) is 130 cm³/mol. The number of nitrogens with zero attached hydrogens (tertiary/aromatic N) is 2. The van der Waals surface area contributed by atoms with E-state index in [4.69, 9.17) is 0 Å². The first-order valence-corrected chi connectivity index (χ1v) is 13.9. The van der Waals surface area contributed by atoms with Gasteiger partial charge < -0.3 is 5.32 Å². The van der Waals surface area contributed by atoms with Gasteiger partial charge >= 0.3 is 0 Å². The fraction of sp³-hybridized carbons (Fsp3) is 0.208. The van der Waals surface area contributed by atoms with Crippen LogP contribution in [0, 0.1) is 11.6 Å². The number of amides is 1. The van der Waals surface area contributed by atoms with Crippen molar-refractivity contribution in [2.24, 2.45) is 0 Å². The average Bonchev–Trinajstić information content (AvgIpc) is 3.40. The van der Waals surface area contributed by atoms with Gasteiger partial charge in [-0.15, -0.1) is 0 Å². The van der Waals surface area contributed by atoms with E-state index < -0.39 is 44.1 Å². The highest BCUT2D eigenvalue weighted by molar-refractivity contribution is 7.92. The first-order chi connectivity index (χ1) is 17.1. The van der Waals surface area contributed by atoms with Gasteiger partial charge in [0.15, 0.2) is 0 Å². The van der Waals surface area contributed by atoms with Crippen LogP contribution in [0.4, 0.5) is 20.2 Å². The zero-order valence-corrected chi connectivity index (χ0v) is 20.6. The molecule has 3 aromatic rings. The van der Waals surface area contributed by atoms with E-state index in [1.54, 1.807) is 0 Å². The highest BCUT2D eigenvalue weighted by atomic mass is 32.2. The van der Waals surface area contributed by atoms with Crippen LogP contribution in [0.3, 0.4) is 0 Å². The molecule has 1 aliphatic rings. The topological polar surface area (TPSA) is 104 Å². The van der Waals surface area contributed by atoms with E-state index in [0.29, 0.717) is 13.1 Å². The Morgan fingerprint density at radius 1 is 0.778 bits per heavy atom. The first kappa shape index (κ1) is 25.7. The third-order valence-electron chi connectivity index (χ3n) is 5.64. The smallest absolute Gasteiger partial charge is 0.264 e. The van der Waals surface area contributed by atoms with Crippen molar-refractivity contribution < 1.29 is 30.4 Å². The van der Waals surface area contributed by atoms with Gasteiger partial charge in [0.25, 0.3) is 10.0 Å². The number of rotatable bonds is 8. The van der Waals surface area contributed by atoms with Gasteiger partial charge in [-0.2, -0.15) is 4.31 Å². The molecule has 4 rings (SSSR count). The lowest BCUT2D eigenvalue weighted by Crippen LogP contribution is -2.38. The van der Waals surface area contributed by atoms with Crippen LogP contribution in [-0.2, 0) is 24.8 Å². The second kappa shape index (κ2) is 10.3. The van der Waals surface area contributed by atoms with Crippen molar-refractivity contribution in [3.63, 3.8) is 0 Å². The van der Waals surface area contributed by atoms with E-state index >= 15 is 0 Å². The van der Waals surface area contributed by atoms with Crippen LogP contribution < -0.4 is 9.62 Å². The summed E-state index contributed by atoms with van der Waals surface area (Å²) in [7, 11) is -7.93. The molecular formula is C24H23F2N3O5S2. The Bertz CT molecular complexity index is 1440. The molecule has 36 heavy (non-hydrogen) atoms. The van der Waals surface area contributed by atoms with Gasteiger partial charge in [0, 0.05) is 18.8 Å². The molecule has 0 aromatic heterocycles. The summed E-state index contributed by atoms with van der Waals surface area (Å²) >= 11 is 0. The molecule has 1 fully saturated rings. The van der Waals surface area contributed by atoms with Crippen LogP contribution in [0.25, 0.3) is 0 Å². The average molecular weight is 536 g/mol. The van der Waals surface area contributed by atoms with E-state index in [1.807, 2.05) is 0 Å². The number of sulfonamides is 2. The van der Waals surface area contributed by atoms with Crippen molar-refractivity contribution in [2.75, 3.05) is 29.3 Å². The molecule has 1 heterocycles. The lowest BCUT2D eigenvalue weighted by molar-refractivity contribution is -0.114. The summed E-state index contributed by atoms with van der Waals surface area (Å²) in [4.78, 5) is 12.6. The number of hydrogen-bond acceptors (Lipinski definition) is 5. The molecule has 12 heteroatoms. The standard InChI is InChI=1S/C24H23F2N3O5S2/c25-18-3-9-21(10-4-18)29(36(33,34)23-11-5-19(26)6-12-23)17-24(30)27-20-7-13-22(14-8-20)35(31,32)28-15-1-2-16-28/h3-14H,1-2,15-17H2,(H,27,30). The summed E-state index contributed by atoms with van der Waals surface area (Å²) in [5, 5.41) is 2.55. The van der Waals surface area contributed by atoms with Crippen LogP contribution in [0.15, 0.2) is 82.6 Å². The highest BCUT2D eigenvalue weighted by Crippen LogP contribution is 2.25. The molecule has 1 saturated heterocycles. The van der Waals surface area contributed by atoms with Crippen molar-refractivity contribution in [3.05, 3.63) is 84.4 Å². The normalized spacial score (nSPS) is 14.5. The Balaban J connectivity index is 1.55. The molecule has 1 aliphatic heterocycles. The second-order valence-corrected chi connectivity index (χ2v) is 11.9. The molecule has 0 bridgehead atoms. The molecule has 0 spiro atoms. The molecule has 0 radical (unpaired) electrons. The third kappa shape index (κ3) is 5.55. The van der Waals surface area contributed by atoms with Crippen molar-refractivity contribution >= 4 is 37.3 Å². The molecule has 0 saturated carbocycles. The monoisotopic (exact) mass is 535 g/mol. The quantitative estimate of drug-likeness (QED) is 0.475. The Kier molecular flexibility index (Phi) is 7.38. The zero-order chi connectivity index (χ0) is 25.9. The van der Waals surface area contributed by atoms with Gasteiger partial charge in [-0.25, -0.2) is 25.6 Å². The summed E-state index contributed by atoms with van der Waals surface area (Å²) in [6, 6.07) is 14.2. The molecule has 1 N–H and O–H groups in total. The van der Waals surface area contributed by atoms with Crippen LogP contribution in [0.2, 0.25) is 0 Å². The zero-order valence-electron chi connectivity index (χ0n) is 19.0. The van der Waals surface area contributed by atoms with E-state index in [1.165, 1.54) is 40.7 Å². The maximum Gasteiger partial charge on any atom is 0.264 e.